The third-order valence-corrected chi connectivity index (χ3v) is 4.45. The first-order valence-electron chi connectivity index (χ1n) is 7.87. The van der Waals surface area contributed by atoms with Crippen molar-refractivity contribution < 1.29 is 13.9 Å². The molecule has 1 saturated heterocycles. The molecule has 2 heterocycles. The number of esters is 1. The SMILES string of the molecule is COC(=O)c1ccoc1CN(CC1CCCNC1)C1CC1. The first-order valence-corrected chi connectivity index (χ1v) is 7.87. The Balaban J connectivity index is 1.65. The summed E-state index contributed by atoms with van der Waals surface area (Å²) in [6, 6.07) is 2.36. The van der Waals surface area contributed by atoms with Crippen LogP contribution in [-0.4, -0.2) is 43.7 Å². The van der Waals surface area contributed by atoms with E-state index in [-0.39, 0.29) is 5.97 Å². The fourth-order valence-electron chi connectivity index (χ4n) is 3.13. The lowest BCUT2D eigenvalue weighted by Gasteiger charge is -2.29. The standard InChI is InChI=1S/C16H24N2O3/c1-20-16(19)14-6-8-21-15(14)11-18(13-4-5-13)10-12-3-2-7-17-9-12/h6,8,12-13,17H,2-5,7,9-11H2,1H3. The number of nitrogens with one attached hydrogen (secondary N) is 1. The fourth-order valence-corrected chi connectivity index (χ4v) is 3.13. The van der Waals surface area contributed by atoms with E-state index in [9.17, 15) is 4.79 Å². The van der Waals surface area contributed by atoms with Gasteiger partial charge in [0.05, 0.1) is 19.9 Å². The lowest BCUT2D eigenvalue weighted by atomic mass is 9.99. The number of carbonyl (C=O) groups is 1. The molecular weight excluding hydrogens is 268 g/mol. The summed E-state index contributed by atoms with van der Waals surface area (Å²) in [4.78, 5) is 14.2. The van der Waals surface area contributed by atoms with Gasteiger partial charge in [0.2, 0.25) is 0 Å². The molecule has 1 aromatic rings. The quantitative estimate of drug-likeness (QED) is 0.813. The van der Waals surface area contributed by atoms with E-state index in [1.165, 1.54) is 32.8 Å². The Morgan fingerprint density at radius 2 is 2.33 bits per heavy atom. The number of nitrogens with zero attached hydrogens (tertiary/aromatic N) is 1. The number of rotatable bonds is 6. The minimum Gasteiger partial charge on any atom is -0.467 e. The molecular formula is C16H24N2O3. The molecule has 1 unspecified atom stereocenters. The van der Waals surface area contributed by atoms with Gasteiger partial charge >= 0.3 is 5.97 Å². The van der Waals surface area contributed by atoms with Gasteiger partial charge in [0.1, 0.15) is 11.3 Å². The van der Waals surface area contributed by atoms with Crippen molar-refractivity contribution in [3.05, 3.63) is 23.7 Å². The van der Waals surface area contributed by atoms with Gasteiger partial charge in [-0.15, -0.1) is 0 Å². The Morgan fingerprint density at radius 3 is 3.00 bits per heavy atom. The van der Waals surface area contributed by atoms with Gasteiger partial charge < -0.3 is 14.5 Å². The Hall–Kier alpha value is -1.33. The molecule has 1 aliphatic heterocycles. The van der Waals surface area contributed by atoms with Crippen molar-refractivity contribution in [2.75, 3.05) is 26.7 Å². The van der Waals surface area contributed by atoms with Crippen LogP contribution in [0.3, 0.4) is 0 Å². The van der Waals surface area contributed by atoms with E-state index in [1.54, 1.807) is 12.3 Å². The van der Waals surface area contributed by atoms with Gasteiger partial charge in [0.15, 0.2) is 0 Å². The van der Waals surface area contributed by atoms with Crippen LogP contribution in [0.5, 0.6) is 0 Å². The molecule has 0 bridgehead atoms. The summed E-state index contributed by atoms with van der Waals surface area (Å²) >= 11 is 0. The molecule has 1 aromatic heterocycles. The fraction of sp³-hybridized carbons (Fsp3) is 0.688. The average molecular weight is 292 g/mol. The van der Waals surface area contributed by atoms with Gasteiger partial charge in [-0.25, -0.2) is 4.79 Å². The molecule has 5 nitrogen and oxygen atoms in total. The maximum absolute atomic E-state index is 11.7. The average Bonchev–Trinajstić information content (AvgIpc) is 3.27. The van der Waals surface area contributed by atoms with Gasteiger partial charge in [0, 0.05) is 12.6 Å². The number of carbonyl (C=O) groups excluding carboxylic acids is 1. The summed E-state index contributed by atoms with van der Waals surface area (Å²) in [7, 11) is 1.41. The van der Waals surface area contributed by atoms with Crippen molar-refractivity contribution in [1.29, 1.82) is 0 Å². The highest BCUT2D eigenvalue weighted by molar-refractivity contribution is 5.90. The predicted molar refractivity (Wildman–Crippen MR) is 79.1 cm³/mol. The lowest BCUT2D eigenvalue weighted by Crippen LogP contribution is -2.39. The van der Waals surface area contributed by atoms with Crippen LogP contribution in [0.4, 0.5) is 0 Å². The molecule has 0 amide bonds. The van der Waals surface area contributed by atoms with Gasteiger partial charge in [-0.2, -0.15) is 0 Å². The molecule has 0 radical (unpaired) electrons. The monoisotopic (exact) mass is 292 g/mol. The van der Waals surface area contributed by atoms with Crippen LogP contribution in [0.15, 0.2) is 16.7 Å². The number of hydrogen-bond acceptors (Lipinski definition) is 5. The summed E-state index contributed by atoms with van der Waals surface area (Å²) in [5.74, 6) is 1.13. The van der Waals surface area contributed by atoms with Crippen LogP contribution in [0, 0.1) is 5.92 Å². The molecule has 21 heavy (non-hydrogen) atoms. The summed E-state index contributed by atoms with van der Waals surface area (Å²) in [6.45, 7) is 4.04. The summed E-state index contributed by atoms with van der Waals surface area (Å²) in [6.07, 6.45) is 6.65. The summed E-state index contributed by atoms with van der Waals surface area (Å²) in [5, 5.41) is 3.47. The summed E-state index contributed by atoms with van der Waals surface area (Å²) < 4.78 is 10.3. The molecule has 0 aromatic carbocycles. The minimum atomic E-state index is -0.311. The van der Waals surface area contributed by atoms with Crippen LogP contribution in [0.1, 0.15) is 41.8 Å². The molecule has 1 aliphatic carbocycles. The van der Waals surface area contributed by atoms with Crippen molar-refractivity contribution in [2.45, 2.75) is 38.3 Å². The van der Waals surface area contributed by atoms with Crippen molar-refractivity contribution in [3.8, 4) is 0 Å². The molecule has 1 saturated carbocycles. The zero-order valence-electron chi connectivity index (χ0n) is 12.6. The third-order valence-electron chi connectivity index (χ3n) is 4.45. The zero-order chi connectivity index (χ0) is 14.7. The van der Waals surface area contributed by atoms with E-state index in [4.69, 9.17) is 9.15 Å². The smallest absolute Gasteiger partial charge is 0.341 e. The first-order chi connectivity index (χ1) is 10.3. The highest BCUT2D eigenvalue weighted by atomic mass is 16.5. The van der Waals surface area contributed by atoms with Crippen LogP contribution < -0.4 is 5.32 Å². The number of ether oxygens (including phenoxy) is 1. The number of methoxy groups -OCH3 is 1. The van der Waals surface area contributed by atoms with E-state index in [0.717, 1.165) is 25.4 Å². The highest BCUT2D eigenvalue weighted by Crippen LogP contribution is 2.30. The third kappa shape index (κ3) is 3.66. The maximum atomic E-state index is 11.7. The highest BCUT2D eigenvalue weighted by Gasteiger charge is 2.32. The van der Waals surface area contributed by atoms with Gasteiger partial charge in [-0.3, -0.25) is 4.90 Å². The van der Waals surface area contributed by atoms with E-state index in [1.807, 2.05) is 0 Å². The van der Waals surface area contributed by atoms with E-state index >= 15 is 0 Å². The van der Waals surface area contributed by atoms with Gasteiger partial charge in [-0.05, 0) is 50.8 Å². The number of hydrogen-bond donors (Lipinski definition) is 1. The molecule has 3 rings (SSSR count). The van der Waals surface area contributed by atoms with Crippen molar-refractivity contribution in [2.24, 2.45) is 5.92 Å². The van der Waals surface area contributed by atoms with E-state index in [0.29, 0.717) is 24.1 Å². The normalized spacial score (nSPS) is 22.5. The Kier molecular flexibility index (Phi) is 4.60. The predicted octanol–water partition coefficient (Wildman–Crippen LogP) is 2.03. The van der Waals surface area contributed by atoms with Crippen molar-refractivity contribution >= 4 is 5.97 Å². The molecule has 5 heteroatoms. The van der Waals surface area contributed by atoms with E-state index < -0.39 is 0 Å². The molecule has 0 spiro atoms. The molecule has 1 atom stereocenters. The number of furan rings is 1. The van der Waals surface area contributed by atoms with E-state index in [2.05, 4.69) is 10.2 Å². The first kappa shape index (κ1) is 14.6. The van der Waals surface area contributed by atoms with Crippen LogP contribution in [0.25, 0.3) is 0 Å². The molecule has 116 valence electrons. The van der Waals surface area contributed by atoms with Crippen LogP contribution >= 0.6 is 0 Å². The molecule has 1 N–H and O–H groups in total. The van der Waals surface area contributed by atoms with Crippen LogP contribution in [-0.2, 0) is 11.3 Å². The summed E-state index contributed by atoms with van der Waals surface area (Å²) in [5.41, 5.74) is 0.560. The van der Waals surface area contributed by atoms with Crippen molar-refractivity contribution in [3.63, 3.8) is 0 Å². The second kappa shape index (κ2) is 6.62. The Morgan fingerprint density at radius 1 is 1.48 bits per heavy atom. The van der Waals surface area contributed by atoms with Crippen molar-refractivity contribution in [1.82, 2.24) is 10.2 Å². The number of piperidine rings is 1. The minimum absolute atomic E-state index is 0.311. The molecule has 2 aliphatic rings. The Labute approximate surface area is 125 Å². The van der Waals surface area contributed by atoms with Crippen LogP contribution in [0.2, 0.25) is 0 Å². The second-order valence-electron chi connectivity index (χ2n) is 6.12. The lowest BCUT2D eigenvalue weighted by molar-refractivity contribution is 0.0595. The largest absolute Gasteiger partial charge is 0.467 e. The molecule has 2 fully saturated rings. The van der Waals surface area contributed by atoms with Gasteiger partial charge in [0.25, 0.3) is 0 Å². The topological polar surface area (TPSA) is 54.7 Å². The maximum Gasteiger partial charge on any atom is 0.341 e. The Bertz CT molecular complexity index is 476. The second-order valence-corrected chi connectivity index (χ2v) is 6.12. The zero-order valence-corrected chi connectivity index (χ0v) is 12.6. The van der Waals surface area contributed by atoms with Gasteiger partial charge in [-0.1, -0.05) is 0 Å².